The average Bonchev–Trinajstić information content (AvgIpc) is 3.34. The highest BCUT2D eigenvalue weighted by Crippen LogP contribution is 2.53. The first-order valence-corrected chi connectivity index (χ1v) is 12.6. The maximum atomic E-state index is 13.3. The number of hydrogen-bond acceptors (Lipinski definition) is 8. The Kier molecular flexibility index (Phi) is 6.37. The molecule has 0 saturated carbocycles. The zero-order valence-corrected chi connectivity index (χ0v) is 20.1. The second kappa shape index (κ2) is 9.63. The standard InChI is InChI=1S/C24H19N3O7S2/c28-15(25-12-6-2-1-3-7-12)11-34-14-9-5-4-8-13(14)17-18-20(35-21-19(17)36-24(33)26-21)23(32)27(22(18)31)10-16(29)30/h1-9,17-18,20H,10-11H2,(H,25,28)(H,26,33)(H,29,30)/t17-,18?,20?/m1/s1. The van der Waals surface area contributed by atoms with E-state index < -0.39 is 41.4 Å². The number of amides is 3. The van der Waals surface area contributed by atoms with Gasteiger partial charge >= 0.3 is 10.8 Å². The summed E-state index contributed by atoms with van der Waals surface area (Å²) in [5, 5.41) is 11.5. The number of thiazole rings is 1. The van der Waals surface area contributed by atoms with E-state index in [1.807, 2.05) is 6.07 Å². The van der Waals surface area contributed by atoms with Crippen LogP contribution in [-0.4, -0.2) is 57.1 Å². The lowest BCUT2D eigenvalue weighted by Gasteiger charge is -2.30. The molecule has 36 heavy (non-hydrogen) atoms. The fourth-order valence-electron chi connectivity index (χ4n) is 4.43. The van der Waals surface area contributed by atoms with E-state index in [0.29, 0.717) is 26.9 Å². The number of nitrogens with one attached hydrogen (secondary N) is 2. The Balaban J connectivity index is 1.48. The Bertz CT molecular complexity index is 1420. The first-order valence-electron chi connectivity index (χ1n) is 10.9. The third-order valence-corrected chi connectivity index (χ3v) is 8.28. The second-order valence-electron chi connectivity index (χ2n) is 8.15. The molecule has 2 unspecified atom stereocenters. The highest BCUT2D eigenvalue weighted by atomic mass is 32.2. The zero-order chi connectivity index (χ0) is 25.4. The smallest absolute Gasteiger partial charge is 0.323 e. The minimum atomic E-state index is -1.30. The molecular formula is C24H19N3O7S2. The first-order chi connectivity index (χ1) is 17.3. The number of likely N-dealkylation sites (tertiary alicyclic amines) is 1. The number of nitrogens with zero attached hydrogens (tertiary/aromatic N) is 1. The van der Waals surface area contributed by atoms with Crippen LogP contribution in [-0.2, 0) is 19.2 Å². The number of carbonyl (C=O) groups is 4. The molecule has 12 heteroatoms. The minimum Gasteiger partial charge on any atom is -0.483 e. The third-order valence-electron chi connectivity index (χ3n) is 5.88. The van der Waals surface area contributed by atoms with Gasteiger partial charge in [-0.1, -0.05) is 59.5 Å². The summed E-state index contributed by atoms with van der Waals surface area (Å²) < 4.78 is 5.84. The Morgan fingerprint density at radius 3 is 2.50 bits per heavy atom. The van der Waals surface area contributed by atoms with E-state index in [0.717, 1.165) is 28.0 Å². The summed E-state index contributed by atoms with van der Waals surface area (Å²) in [4.78, 5) is 66.0. The van der Waals surface area contributed by atoms with Gasteiger partial charge in [-0.25, -0.2) is 0 Å². The quantitative estimate of drug-likeness (QED) is 0.398. The summed E-state index contributed by atoms with van der Waals surface area (Å²) in [6.07, 6.45) is 0. The number of rotatable bonds is 7. The molecule has 184 valence electrons. The number of benzene rings is 2. The Morgan fingerprint density at radius 2 is 1.75 bits per heavy atom. The molecule has 3 atom stereocenters. The summed E-state index contributed by atoms with van der Waals surface area (Å²) >= 11 is 1.99. The third kappa shape index (κ3) is 4.40. The average molecular weight is 526 g/mol. The molecule has 10 nitrogen and oxygen atoms in total. The Morgan fingerprint density at radius 1 is 1.03 bits per heavy atom. The van der Waals surface area contributed by atoms with Gasteiger partial charge in [-0.05, 0) is 18.2 Å². The number of carboxylic acid groups (broad SMARTS) is 1. The number of H-pyrrole nitrogens is 1. The van der Waals surface area contributed by atoms with Crippen LogP contribution < -0.4 is 14.9 Å². The van der Waals surface area contributed by atoms with Gasteiger partial charge in [-0.3, -0.25) is 28.9 Å². The molecule has 5 rings (SSSR count). The first kappa shape index (κ1) is 23.8. The number of ether oxygens (including phenoxy) is 1. The van der Waals surface area contributed by atoms with Crippen LogP contribution in [0.15, 0.2) is 64.4 Å². The molecule has 1 aromatic heterocycles. The van der Waals surface area contributed by atoms with Crippen molar-refractivity contribution in [2.45, 2.75) is 16.2 Å². The number of imide groups is 1. The lowest BCUT2D eigenvalue weighted by molar-refractivity contribution is -0.149. The van der Waals surface area contributed by atoms with Crippen molar-refractivity contribution < 1.29 is 29.0 Å². The van der Waals surface area contributed by atoms with Crippen molar-refractivity contribution in [3.63, 3.8) is 0 Å². The van der Waals surface area contributed by atoms with Crippen LogP contribution in [0.5, 0.6) is 5.75 Å². The number of para-hydroxylation sites is 2. The fourth-order valence-corrected chi connectivity index (χ4v) is 6.96. The molecule has 0 radical (unpaired) electrons. The lowest BCUT2D eigenvalue weighted by atomic mass is 9.82. The molecule has 1 fully saturated rings. The second-order valence-corrected chi connectivity index (χ2v) is 10.3. The topological polar surface area (TPSA) is 146 Å². The molecule has 1 saturated heterocycles. The van der Waals surface area contributed by atoms with Crippen LogP contribution in [0.25, 0.3) is 0 Å². The van der Waals surface area contributed by atoms with E-state index in [4.69, 9.17) is 4.74 Å². The number of aromatic nitrogens is 1. The van der Waals surface area contributed by atoms with Gasteiger partial charge in [0, 0.05) is 22.0 Å². The number of anilines is 1. The summed E-state index contributed by atoms with van der Waals surface area (Å²) in [5.41, 5.74) is 1.14. The van der Waals surface area contributed by atoms with Crippen molar-refractivity contribution in [2.24, 2.45) is 5.92 Å². The largest absolute Gasteiger partial charge is 0.483 e. The van der Waals surface area contributed by atoms with Crippen LogP contribution in [0.3, 0.4) is 0 Å². The van der Waals surface area contributed by atoms with E-state index in [1.165, 1.54) is 0 Å². The molecular weight excluding hydrogens is 506 g/mol. The van der Waals surface area contributed by atoms with E-state index >= 15 is 0 Å². The SMILES string of the molecule is O=C(O)CN1C(=O)C2Sc3[nH]c(=O)sc3[C@H](c3ccccc3OCC(=O)Nc3ccccc3)C2C1=O. The number of hydrogen-bond donors (Lipinski definition) is 3. The van der Waals surface area contributed by atoms with Crippen LogP contribution in [0, 0.1) is 5.92 Å². The summed E-state index contributed by atoms with van der Waals surface area (Å²) in [5.74, 6) is -4.26. The van der Waals surface area contributed by atoms with Gasteiger partial charge in [0.1, 0.15) is 17.5 Å². The maximum absolute atomic E-state index is 13.3. The molecule has 0 bridgehead atoms. The van der Waals surface area contributed by atoms with Gasteiger partial charge in [0.15, 0.2) is 6.61 Å². The van der Waals surface area contributed by atoms with E-state index in [-0.39, 0.29) is 17.4 Å². The fraction of sp³-hybridized carbons (Fsp3) is 0.208. The van der Waals surface area contributed by atoms with E-state index in [2.05, 4.69) is 10.3 Å². The Hall–Kier alpha value is -3.90. The van der Waals surface area contributed by atoms with E-state index in [9.17, 15) is 29.1 Å². The molecule has 0 spiro atoms. The molecule has 0 aliphatic carbocycles. The molecule has 3 heterocycles. The van der Waals surface area contributed by atoms with Gasteiger partial charge in [0.2, 0.25) is 11.8 Å². The molecule has 2 aliphatic rings. The van der Waals surface area contributed by atoms with Gasteiger partial charge in [-0.2, -0.15) is 0 Å². The maximum Gasteiger partial charge on any atom is 0.323 e. The molecule has 3 aromatic rings. The highest BCUT2D eigenvalue weighted by Gasteiger charge is 2.56. The summed E-state index contributed by atoms with van der Waals surface area (Å²) in [7, 11) is 0. The predicted octanol–water partition coefficient (Wildman–Crippen LogP) is 2.13. The van der Waals surface area contributed by atoms with Crippen molar-refractivity contribution in [1.29, 1.82) is 0 Å². The number of fused-ring (bicyclic) bond motifs is 2. The number of carboxylic acids is 1. The van der Waals surface area contributed by atoms with Crippen LogP contribution in [0.4, 0.5) is 5.69 Å². The zero-order valence-electron chi connectivity index (χ0n) is 18.5. The lowest BCUT2D eigenvalue weighted by Crippen LogP contribution is -2.36. The summed E-state index contributed by atoms with van der Waals surface area (Å²) in [6.45, 7) is -1.05. The predicted molar refractivity (Wildman–Crippen MR) is 131 cm³/mol. The highest BCUT2D eigenvalue weighted by molar-refractivity contribution is 8.00. The van der Waals surface area contributed by atoms with Gasteiger partial charge in [0.25, 0.3) is 5.91 Å². The van der Waals surface area contributed by atoms with Gasteiger partial charge in [-0.15, -0.1) is 0 Å². The van der Waals surface area contributed by atoms with Crippen molar-refractivity contribution in [3.8, 4) is 5.75 Å². The van der Waals surface area contributed by atoms with Gasteiger partial charge in [0.05, 0.1) is 10.9 Å². The minimum absolute atomic E-state index is 0.310. The van der Waals surface area contributed by atoms with Crippen molar-refractivity contribution in [2.75, 3.05) is 18.5 Å². The molecule has 3 N–H and O–H groups in total. The van der Waals surface area contributed by atoms with Crippen molar-refractivity contribution in [3.05, 3.63) is 74.7 Å². The van der Waals surface area contributed by atoms with Crippen LogP contribution in [0.2, 0.25) is 0 Å². The monoisotopic (exact) mass is 525 g/mol. The van der Waals surface area contributed by atoms with Gasteiger partial charge < -0.3 is 20.1 Å². The Labute approximate surface area is 212 Å². The molecule has 3 amide bonds. The number of aromatic amines is 1. The number of thioether (sulfide) groups is 1. The normalized spacial score (nSPS) is 20.6. The number of aliphatic carboxylic acids is 1. The van der Waals surface area contributed by atoms with Crippen LogP contribution in [0.1, 0.15) is 16.4 Å². The molecule has 2 aliphatic heterocycles. The summed E-state index contributed by atoms with van der Waals surface area (Å²) in [6, 6.07) is 15.7. The number of carbonyl (C=O) groups excluding carboxylic acids is 3. The van der Waals surface area contributed by atoms with E-state index in [1.54, 1.807) is 48.5 Å². The van der Waals surface area contributed by atoms with Crippen LogP contribution >= 0.6 is 23.1 Å². The van der Waals surface area contributed by atoms with Crippen molar-refractivity contribution in [1.82, 2.24) is 9.88 Å². The molecule has 2 aromatic carbocycles. The van der Waals surface area contributed by atoms with Crippen molar-refractivity contribution >= 4 is 52.5 Å².